The number of carbonyl (C=O) groups is 2. The topological polar surface area (TPSA) is 93.6 Å². The molecule has 3 rings (SSSR count). The summed E-state index contributed by atoms with van der Waals surface area (Å²) in [5.74, 6) is -0.613. The standard InChI is InChI=1S/C22H26N2O6/c1-23(2)10-6-11-24-19(15-13-14(28-3)8-9-16(15)29-4)18(21(26)22(24)27)20(25)17-7-5-12-30-17/h5,7-9,12-13,19,26H,6,10-11H2,1-4H3/p+1/t19-/m0/s1. The second kappa shape index (κ2) is 9.04. The van der Waals surface area contributed by atoms with Gasteiger partial charge in [-0.25, -0.2) is 0 Å². The van der Waals surface area contributed by atoms with Crippen molar-refractivity contribution < 1.29 is 33.5 Å². The van der Waals surface area contributed by atoms with Crippen molar-refractivity contribution in [3.63, 3.8) is 0 Å². The summed E-state index contributed by atoms with van der Waals surface area (Å²) in [5, 5.41) is 10.7. The van der Waals surface area contributed by atoms with Crippen LogP contribution in [0.25, 0.3) is 0 Å². The fraction of sp³-hybridized carbons (Fsp3) is 0.364. The monoisotopic (exact) mass is 415 g/mol. The molecule has 8 heteroatoms. The van der Waals surface area contributed by atoms with Crippen molar-refractivity contribution in [1.82, 2.24) is 4.90 Å². The third-order valence-electron chi connectivity index (χ3n) is 5.10. The van der Waals surface area contributed by atoms with Crippen LogP contribution in [0.3, 0.4) is 0 Å². The van der Waals surface area contributed by atoms with E-state index in [0.29, 0.717) is 30.0 Å². The summed E-state index contributed by atoms with van der Waals surface area (Å²) in [6.07, 6.45) is 2.08. The number of quaternary nitrogens is 1. The summed E-state index contributed by atoms with van der Waals surface area (Å²) in [6.45, 7) is 1.20. The molecule has 1 atom stereocenters. The van der Waals surface area contributed by atoms with E-state index in [2.05, 4.69) is 0 Å². The number of methoxy groups -OCH3 is 2. The maximum absolute atomic E-state index is 13.2. The Labute approximate surface area is 175 Å². The highest BCUT2D eigenvalue weighted by Crippen LogP contribution is 2.43. The maximum atomic E-state index is 13.2. The molecular weight excluding hydrogens is 388 g/mol. The van der Waals surface area contributed by atoms with E-state index in [9.17, 15) is 14.7 Å². The van der Waals surface area contributed by atoms with Gasteiger partial charge in [-0.05, 0) is 30.3 Å². The zero-order valence-corrected chi connectivity index (χ0v) is 17.6. The van der Waals surface area contributed by atoms with E-state index in [1.807, 2.05) is 14.1 Å². The van der Waals surface area contributed by atoms with Crippen molar-refractivity contribution in [2.24, 2.45) is 0 Å². The first kappa shape index (κ1) is 21.4. The van der Waals surface area contributed by atoms with Crippen LogP contribution in [0, 0.1) is 0 Å². The smallest absolute Gasteiger partial charge is 0.290 e. The Hall–Kier alpha value is -3.26. The van der Waals surface area contributed by atoms with Gasteiger partial charge in [0.25, 0.3) is 5.91 Å². The van der Waals surface area contributed by atoms with Crippen molar-refractivity contribution in [3.05, 3.63) is 59.3 Å². The average Bonchev–Trinajstić information content (AvgIpc) is 3.35. The highest BCUT2D eigenvalue weighted by atomic mass is 16.5. The molecule has 2 heterocycles. The normalized spacial score (nSPS) is 16.5. The van der Waals surface area contributed by atoms with Gasteiger partial charge < -0.3 is 28.8 Å². The number of benzene rings is 1. The van der Waals surface area contributed by atoms with Crippen molar-refractivity contribution >= 4 is 11.7 Å². The lowest BCUT2D eigenvalue weighted by Gasteiger charge is -2.28. The Morgan fingerprint density at radius 2 is 2.00 bits per heavy atom. The second-order valence-corrected chi connectivity index (χ2v) is 7.39. The highest BCUT2D eigenvalue weighted by Gasteiger charge is 2.45. The molecule has 1 aromatic carbocycles. The van der Waals surface area contributed by atoms with Crippen LogP contribution in [0.4, 0.5) is 0 Å². The second-order valence-electron chi connectivity index (χ2n) is 7.39. The van der Waals surface area contributed by atoms with Crippen LogP contribution < -0.4 is 14.4 Å². The summed E-state index contributed by atoms with van der Waals surface area (Å²) >= 11 is 0. The number of nitrogens with one attached hydrogen (secondary N) is 1. The molecule has 0 aliphatic carbocycles. The van der Waals surface area contributed by atoms with Gasteiger partial charge >= 0.3 is 0 Å². The lowest BCUT2D eigenvalue weighted by atomic mass is 9.94. The minimum Gasteiger partial charge on any atom is -0.503 e. The van der Waals surface area contributed by atoms with Crippen LogP contribution in [0.1, 0.15) is 28.6 Å². The molecule has 0 saturated heterocycles. The Balaban J connectivity index is 2.10. The molecule has 0 saturated carbocycles. The maximum Gasteiger partial charge on any atom is 0.290 e. The van der Waals surface area contributed by atoms with Crippen LogP contribution in [0.15, 0.2) is 52.3 Å². The first-order valence-electron chi connectivity index (χ1n) is 9.72. The van der Waals surface area contributed by atoms with Crippen LogP contribution in [0.2, 0.25) is 0 Å². The van der Waals surface area contributed by atoms with E-state index >= 15 is 0 Å². The molecule has 0 unspecified atom stereocenters. The van der Waals surface area contributed by atoms with Crippen molar-refractivity contribution in [3.8, 4) is 11.5 Å². The van der Waals surface area contributed by atoms with Crippen molar-refractivity contribution in [2.45, 2.75) is 12.5 Å². The Kier molecular flexibility index (Phi) is 6.47. The number of carbonyl (C=O) groups excluding carboxylic acids is 2. The molecule has 1 aliphatic heterocycles. The number of nitrogens with zero attached hydrogens (tertiary/aromatic N) is 1. The number of hydrogen-bond donors (Lipinski definition) is 2. The molecule has 0 spiro atoms. The summed E-state index contributed by atoms with van der Waals surface area (Å²) < 4.78 is 16.1. The predicted molar refractivity (Wildman–Crippen MR) is 109 cm³/mol. The van der Waals surface area contributed by atoms with Gasteiger partial charge in [-0.1, -0.05) is 0 Å². The number of Topliss-reactive ketones (excluding diaryl/α,β-unsaturated/α-hetero) is 1. The van der Waals surface area contributed by atoms with E-state index in [4.69, 9.17) is 13.9 Å². The van der Waals surface area contributed by atoms with Crippen molar-refractivity contribution in [1.29, 1.82) is 0 Å². The van der Waals surface area contributed by atoms with Gasteiger partial charge in [0.2, 0.25) is 5.78 Å². The molecule has 1 aromatic heterocycles. The zero-order valence-electron chi connectivity index (χ0n) is 17.6. The van der Waals surface area contributed by atoms with E-state index in [1.165, 1.54) is 36.3 Å². The van der Waals surface area contributed by atoms with E-state index in [1.54, 1.807) is 24.3 Å². The van der Waals surface area contributed by atoms with Crippen LogP contribution in [0.5, 0.6) is 11.5 Å². The SMILES string of the molecule is COc1ccc(OC)c([C@H]2C(C(=O)c3ccco3)=C(O)C(=O)N2CCC[NH+](C)C)c1. The number of aliphatic hydroxyl groups excluding tert-OH is 1. The lowest BCUT2D eigenvalue weighted by molar-refractivity contribution is -0.858. The fourth-order valence-corrected chi connectivity index (χ4v) is 3.64. The minimum atomic E-state index is -0.822. The Morgan fingerprint density at radius 1 is 1.23 bits per heavy atom. The van der Waals surface area contributed by atoms with Gasteiger partial charge in [-0.3, -0.25) is 9.59 Å². The number of furan rings is 1. The molecule has 1 amide bonds. The minimum absolute atomic E-state index is 0.0290. The largest absolute Gasteiger partial charge is 0.503 e. The predicted octanol–water partition coefficient (Wildman–Crippen LogP) is 1.41. The molecule has 0 bridgehead atoms. The zero-order chi connectivity index (χ0) is 21.8. The summed E-state index contributed by atoms with van der Waals surface area (Å²) in [6, 6.07) is 7.43. The first-order valence-corrected chi connectivity index (χ1v) is 9.72. The fourth-order valence-electron chi connectivity index (χ4n) is 3.64. The van der Waals surface area contributed by atoms with Crippen LogP contribution in [-0.4, -0.2) is 63.1 Å². The lowest BCUT2D eigenvalue weighted by Crippen LogP contribution is -3.05. The van der Waals surface area contributed by atoms with Gasteiger partial charge in [-0.2, -0.15) is 0 Å². The molecule has 1 aliphatic rings. The number of amides is 1. The average molecular weight is 415 g/mol. The Bertz CT molecular complexity index is 949. The number of hydrogen-bond acceptors (Lipinski definition) is 6. The molecule has 2 N–H and O–H groups in total. The first-order chi connectivity index (χ1) is 14.4. The highest BCUT2D eigenvalue weighted by molar-refractivity contribution is 6.15. The van der Waals surface area contributed by atoms with Gasteiger partial charge in [0, 0.05) is 18.5 Å². The number of ether oxygens (including phenoxy) is 2. The summed E-state index contributed by atoms with van der Waals surface area (Å²) in [7, 11) is 7.09. The molecule has 8 nitrogen and oxygen atoms in total. The van der Waals surface area contributed by atoms with Crippen LogP contribution in [-0.2, 0) is 4.79 Å². The van der Waals surface area contributed by atoms with Crippen LogP contribution >= 0.6 is 0 Å². The summed E-state index contributed by atoms with van der Waals surface area (Å²) in [5.41, 5.74) is 0.528. The molecule has 0 radical (unpaired) electrons. The summed E-state index contributed by atoms with van der Waals surface area (Å²) in [4.78, 5) is 28.9. The Morgan fingerprint density at radius 3 is 2.60 bits per heavy atom. The van der Waals surface area contributed by atoms with Gasteiger partial charge in [0.1, 0.15) is 11.5 Å². The van der Waals surface area contributed by atoms with E-state index < -0.39 is 23.5 Å². The van der Waals surface area contributed by atoms with Gasteiger partial charge in [-0.15, -0.1) is 0 Å². The molecule has 2 aromatic rings. The quantitative estimate of drug-likeness (QED) is 0.602. The molecule has 30 heavy (non-hydrogen) atoms. The molecular formula is C22H27N2O6+. The number of ketones is 1. The van der Waals surface area contributed by atoms with Crippen molar-refractivity contribution in [2.75, 3.05) is 41.4 Å². The third kappa shape index (κ3) is 4.04. The molecule has 160 valence electrons. The van der Waals surface area contributed by atoms with Gasteiger partial charge in [0.05, 0.1) is 52.7 Å². The van der Waals surface area contributed by atoms with E-state index in [0.717, 1.165) is 6.54 Å². The van der Waals surface area contributed by atoms with E-state index in [-0.39, 0.29) is 11.3 Å². The van der Waals surface area contributed by atoms with Gasteiger partial charge in [0.15, 0.2) is 11.5 Å². The molecule has 0 fully saturated rings. The number of rotatable bonds is 9. The third-order valence-corrected chi connectivity index (χ3v) is 5.10. The number of aliphatic hydroxyl groups is 1.